The fraction of sp³-hybridized carbons (Fsp3) is 0.167. The largest absolute Gasteiger partial charge is 0.480 e. The van der Waals surface area contributed by atoms with Crippen molar-refractivity contribution < 1.29 is 14.7 Å². The van der Waals surface area contributed by atoms with Gasteiger partial charge in [0.25, 0.3) is 5.91 Å². The van der Waals surface area contributed by atoms with Crippen LogP contribution >= 0.6 is 22.6 Å². The topological polar surface area (TPSA) is 57.6 Å². The molecule has 1 aromatic carbocycles. The van der Waals surface area contributed by atoms with E-state index in [1.807, 2.05) is 6.07 Å². The Balaban J connectivity index is 2.90. The monoisotopic (exact) mass is 345 g/mol. The lowest BCUT2D eigenvalue weighted by Crippen LogP contribution is -2.35. The van der Waals surface area contributed by atoms with Crippen molar-refractivity contribution in [3.8, 4) is 0 Å². The summed E-state index contributed by atoms with van der Waals surface area (Å²) in [5.74, 6) is -1.34. The Hall–Kier alpha value is -1.37. The van der Waals surface area contributed by atoms with Crippen molar-refractivity contribution in [1.82, 2.24) is 4.90 Å². The van der Waals surface area contributed by atoms with Gasteiger partial charge in [0.05, 0.1) is 0 Å². The summed E-state index contributed by atoms with van der Waals surface area (Å²) < 4.78 is 0.933. The third-order valence-corrected chi connectivity index (χ3v) is 2.71. The molecule has 0 heterocycles. The number of carbonyl (C=O) groups excluding carboxylic acids is 1. The maximum absolute atomic E-state index is 12.0. The van der Waals surface area contributed by atoms with E-state index in [9.17, 15) is 9.59 Å². The average Bonchev–Trinajstić information content (AvgIpc) is 2.27. The molecule has 0 saturated carbocycles. The van der Waals surface area contributed by atoms with Gasteiger partial charge in [0.15, 0.2) is 0 Å². The molecule has 1 aromatic rings. The summed E-state index contributed by atoms with van der Waals surface area (Å²) in [6.45, 7) is 3.41. The van der Waals surface area contributed by atoms with Crippen LogP contribution in [0.1, 0.15) is 10.4 Å². The molecule has 0 aliphatic heterocycles. The molecule has 90 valence electrons. The number of nitrogens with zero attached hydrogens (tertiary/aromatic N) is 1. The second kappa shape index (κ2) is 6.39. The van der Waals surface area contributed by atoms with Gasteiger partial charge in [-0.25, -0.2) is 0 Å². The molecule has 0 aliphatic carbocycles. The van der Waals surface area contributed by atoms with Gasteiger partial charge < -0.3 is 10.0 Å². The first kappa shape index (κ1) is 13.7. The lowest BCUT2D eigenvalue weighted by Gasteiger charge is -2.18. The van der Waals surface area contributed by atoms with E-state index in [2.05, 4.69) is 29.2 Å². The number of hydrogen-bond acceptors (Lipinski definition) is 2. The van der Waals surface area contributed by atoms with Gasteiger partial charge in [-0.3, -0.25) is 9.59 Å². The van der Waals surface area contributed by atoms with Crippen LogP contribution < -0.4 is 0 Å². The zero-order chi connectivity index (χ0) is 12.8. The molecular weight excluding hydrogens is 333 g/mol. The highest BCUT2D eigenvalue weighted by Crippen LogP contribution is 2.10. The van der Waals surface area contributed by atoms with Gasteiger partial charge in [0, 0.05) is 15.7 Å². The van der Waals surface area contributed by atoms with E-state index in [4.69, 9.17) is 5.11 Å². The first-order valence-corrected chi connectivity index (χ1v) is 6.00. The minimum atomic E-state index is -1.04. The minimum absolute atomic E-state index is 0.219. The van der Waals surface area contributed by atoms with Gasteiger partial charge >= 0.3 is 5.97 Å². The Morgan fingerprint density at radius 1 is 1.47 bits per heavy atom. The SMILES string of the molecule is C=CCN(CC(=O)O)C(=O)c1cccc(I)c1. The second-order valence-electron chi connectivity index (χ2n) is 3.38. The van der Waals surface area contributed by atoms with Crippen LogP contribution in [-0.2, 0) is 4.79 Å². The molecule has 0 bridgehead atoms. The Labute approximate surface area is 113 Å². The highest BCUT2D eigenvalue weighted by molar-refractivity contribution is 14.1. The highest BCUT2D eigenvalue weighted by Gasteiger charge is 2.17. The van der Waals surface area contributed by atoms with E-state index < -0.39 is 5.97 Å². The van der Waals surface area contributed by atoms with Crippen LogP contribution in [0, 0.1) is 3.57 Å². The van der Waals surface area contributed by atoms with Gasteiger partial charge in [0.2, 0.25) is 0 Å². The van der Waals surface area contributed by atoms with Crippen molar-refractivity contribution >= 4 is 34.5 Å². The van der Waals surface area contributed by atoms with Gasteiger partial charge in [-0.2, -0.15) is 0 Å². The summed E-state index contributed by atoms with van der Waals surface area (Å²) in [5, 5.41) is 8.73. The van der Waals surface area contributed by atoms with E-state index in [0.29, 0.717) is 5.56 Å². The van der Waals surface area contributed by atoms with Crippen LogP contribution in [0.15, 0.2) is 36.9 Å². The van der Waals surface area contributed by atoms with E-state index in [0.717, 1.165) is 3.57 Å². The van der Waals surface area contributed by atoms with Gasteiger partial charge in [-0.15, -0.1) is 6.58 Å². The molecule has 1 amide bonds. The molecule has 5 heteroatoms. The lowest BCUT2D eigenvalue weighted by atomic mass is 10.2. The third kappa shape index (κ3) is 4.18. The Kier molecular flexibility index (Phi) is 5.14. The number of halogens is 1. The molecular formula is C12H12INO3. The van der Waals surface area contributed by atoms with Gasteiger partial charge in [0.1, 0.15) is 6.54 Å². The molecule has 1 N–H and O–H groups in total. The number of carboxylic acid groups (broad SMARTS) is 1. The first-order chi connectivity index (χ1) is 8.04. The molecule has 0 aromatic heterocycles. The van der Waals surface area contributed by atoms with Crippen LogP contribution in [0.25, 0.3) is 0 Å². The molecule has 1 rings (SSSR count). The highest BCUT2D eigenvalue weighted by atomic mass is 127. The van der Waals surface area contributed by atoms with Crippen molar-refractivity contribution in [3.63, 3.8) is 0 Å². The number of carboxylic acids is 1. The number of rotatable bonds is 5. The Bertz CT molecular complexity index is 445. The quantitative estimate of drug-likeness (QED) is 0.656. The van der Waals surface area contributed by atoms with Gasteiger partial charge in [-0.1, -0.05) is 12.1 Å². The number of amides is 1. The fourth-order valence-corrected chi connectivity index (χ4v) is 1.89. The van der Waals surface area contributed by atoms with Crippen molar-refractivity contribution in [2.75, 3.05) is 13.1 Å². The number of aliphatic carboxylic acids is 1. The summed E-state index contributed by atoms with van der Waals surface area (Å²) >= 11 is 2.10. The zero-order valence-electron chi connectivity index (χ0n) is 9.10. The number of benzene rings is 1. The maximum atomic E-state index is 12.0. The molecule has 4 nitrogen and oxygen atoms in total. The van der Waals surface area contributed by atoms with Crippen LogP contribution in [0.4, 0.5) is 0 Å². The normalized spacial score (nSPS) is 9.71. The predicted octanol–water partition coefficient (Wildman–Crippen LogP) is 2.00. The summed E-state index contributed by atoms with van der Waals surface area (Å²) in [5.41, 5.74) is 0.486. The van der Waals surface area contributed by atoms with Crippen molar-refractivity contribution in [2.24, 2.45) is 0 Å². The van der Waals surface area contributed by atoms with E-state index >= 15 is 0 Å². The van der Waals surface area contributed by atoms with Crippen LogP contribution in [0.2, 0.25) is 0 Å². The van der Waals surface area contributed by atoms with Crippen molar-refractivity contribution in [1.29, 1.82) is 0 Å². The Morgan fingerprint density at radius 3 is 2.71 bits per heavy atom. The standard InChI is InChI=1S/C12H12INO3/c1-2-6-14(8-11(15)16)12(17)9-4-3-5-10(13)7-9/h2-5,7H,1,6,8H2,(H,15,16). The molecule has 0 saturated heterocycles. The smallest absolute Gasteiger partial charge is 0.323 e. The predicted molar refractivity (Wildman–Crippen MR) is 72.9 cm³/mol. The van der Waals surface area contributed by atoms with E-state index in [-0.39, 0.29) is 19.0 Å². The summed E-state index contributed by atoms with van der Waals surface area (Å²) in [7, 11) is 0. The number of hydrogen-bond donors (Lipinski definition) is 1. The van der Waals surface area contributed by atoms with Crippen LogP contribution in [0.5, 0.6) is 0 Å². The molecule has 0 fully saturated rings. The second-order valence-corrected chi connectivity index (χ2v) is 4.62. The van der Waals surface area contributed by atoms with Crippen molar-refractivity contribution in [3.05, 3.63) is 46.1 Å². The number of carbonyl (C=O) groups is 2. The summed E-state index contributed by atoms with van der Waals surface area (Å²) in [6.07, 6.45) is 1.51. The average molecular weight is 345 g/mol. The van der Waals surface area contributed by atoms with Crippen LogP contribution in [0.3, 0.4) is 0 Å². The van der Waals surface area contributed by atoms with E-state index in [1.165, 1.54) is 11.0 Å². The Morgan fingerprint density at radius 2 is 2.18 bits per heavy atom. The lowest BCUT2D eigenvalue weighted by molar-refractivity contribution is -0.137. The fourth-order valence-electron chi connectivity index (χ4n) is 1.34. The molecule has 0 radical (unpaired) electrons. The summed E-state index contributed by atoms with van der Waals surface area (Å²) in [4.78, 5) is 23.9. The molecule has 0 aliphatic rings. The summed E-state index contributed by atoms with van der Waals surface area (Å²) in [6, 6.07) is 7.03. The van der Waals surface area contributed by atoms with Crippen LogP contribution in [-0.4, -0.2) is 35.0 Å². The van der Waals surface area contributed by atoms with E-state index in [1.54, 1.807) is 18.2 Å². The maximum Gasteiger partial charge on any atom is 0.323 e. The van der Waals surface area contributed by atoms with Gasteiger partial charge in [-0.05, 0) is 40.8 Å². The third-order valence-electron chi connectivity index (χ3n) is 2.03. The zero-order valence-corrected chi connectivity index (χ0v) is 11.3. The molecule has 0 spiro atoms. The molecule has 0 unspecified atom stereocenters. The first-order valence-electron chi connectivity index (χ1n) is 4.92. The molecule has 0 atom stereocenters. The van der Waals surface area contributed by atoms with Crippen molar-refractivity contribution in [2.45, 2.75) is 0 Å². The molecule has 17 heavy (non-hydrogen) atoms. The minimum Gasteiger partial charge on any atom is -0.480 e.